The molecule has 1 atom stereocenters. The highest BCUT2D eigenvalue weighted by Gasteiger charge is 2.29. The molecule has 0 saturated heterocycles. The van der Waals surface area contributed by atoms with E-state index in [0.717, 1.165) is 62.8 Å². The number of carboxylic acid groups (broad SMARTS) is 2. The quantitative estimate of drug-likeness (QED) is 0.455. The van der Waals surface area contributed by atoms with Gasteiger partial charge in [0.2, 0.25) is 5.75 Å². The first-order valence-electron chi connectivity index (χ1n) is 12.0. The Hall–Kier alpha value is -4.02. The summed E-state index contributed by atoms with van der Waals surface area (Å²) in [5.74, 6) is -1.14. The summed E-state index contributed by atoms with van der Waals surface area (Å²) in [6, 6.07) is 12.6. The van der Waals surface area contributed by atoms with Crippen molar-refractivity contribution in [1.29, 1.82) is 0 Å². The zero-order chi connectivity index (χ0) is 25.1. The van der Waals surface area contributed by atoms with Crippen molar-refractivity contribution in [1.82, 2.24) is 9.88 Å². The van der Waals surface area contributed by atoms with Gasteiger partial charge in [-0.1, -0.05) is 30.3 Å². The third-order valence-corrected chi connectivity index (χ3v) is 6.58. The van der Waals surface area contributed by atoms with Crippen molar-refractivity contribution in [2.45, 2.75) is 25.4 Å². The van der Waals surface area contributed by atoms with Crippen LogP contribution in [0.1, 0.15) is 24.0 Å². The Morgan fingerprint density at radius 3 is 2.59 bits per heavy atom. The van der Waals surface area contributed by atoms with Gasteiger partial charge in [0, 0.05) is 42.3 Å². The van der Waals surface area contributed by atoms with Crippen LogP contribution in [0.15, 0.2) is 48.7 Å². The number of aromatic amines is 1. The van der Waals surface area contributed by atoms with Crippen LogP contribution in [0.25, 0.3) is 16.5 Å². The number of nitrogens with one attached hydrogen (secondary N) is 1. The molecule has 0 spiro atoms. The molecule has 0 saturated carbocycles. The second-order valence-corrected chi connectivity index (χ2v) is 8.98. The second kappa shape index (κ2) is 11.4. The van der Waals surface area contributed by atoms with Crippen molar-refractivity contribution in [2.75, 3.05) is 32.8 Å². The molecule has 0 aliphatic carbocycles. The molecule has 0 radical (unpaired) electrons. The maximum atomic E-state index is 9.10. The lowest BCUT2D eigenvalue weighted by Crippen LogP contribution is -2.42. The number of hydrogen-bond acceptors (Lipinski definition) is 6. The minimum absolute atomic E-state index is 0. The molecule has 3 aromatic rings. The summed E-state index contributed by atoms with van der Waals surface area (Å²) in [5, 5.41) is 16.1. The highest BCUT2D eigenvalue weighted by Crippen LogP contribution is 2.44. The van der Waals surface area contributed by atoms with Gasteiger partial charge in [-0.2, -0.15) is 0 Å². The summed E-state index contributed by atoms with van der Waals surface area (Å²) in [7, 11) is 0. The lowest BCUT2D eigenvalue weighted by Gasteiger charge is -2.34. The fraction of sp³-hybridized carbons (Fsp3) is 0.333. The van der Waals surface area contributed by atoms with E-state index in [1.807, 2.05) is 6.07 Å². The largest absolute Gasteiger partial charge is 0.489 e. The first kappa shape index (κ1) is 26.1. The number of hydrogen-bond donors (Lipinski definition) is 3. The van der Waals surface area contributed by atoms with E-state index >= 15 is 0 Å². The fourth-order valence-corrected chi connectivity index (χ4v) is 4.82. The van der Waals surface area contributed by atoms with E-state index in [0.29, 0.717) is 6.61 Å². The van der Waals surface area contributed by atoms with Crippen LogP contribution in [0.2, 0.25) is 0 Å². The molecular weight excluding hydrogens is 480 g/mol. The molecule has 5 N–H and O–H groups in total. The molecule has 0 bridgehead atoms. The number of fused-ring (bicyclic) bond motifs is 4. The lowest BCUT2D eigenvalue weighted by molar-refractivity contribution is -0.159. The highest BCUT2D eigenvalue weighted by atomic mass is 16.6. The predicted molar refractivity (Wildman–Crippen MR) is 136 cm³/mol. The van der Waals surface area contributed by atoms with E-state index in [1.54, 1.807) is 0 Å². The van der Waals surface area contributed by atoms with E-state index in [-0.39, 0.29) is 11.6 Å². The standard InChI is InChI=1S/C25H26N2O3.C2H2O4.H2O/c1-2-6-22-20(5-1)21(14-26-22)17-9-11-27(12-10-17)15-19-16-29-23-8-7-18-4-3-13-28-24(18)25(23)30-19;3-1(4)2(5)6;/h1-2,5-9,14,19,26H,3-4,10-13,15-16H2;(H,3,4)(H,5,6);1H2/t19-;;/m0../s1. The van der Waals surface area contributed by atoms with Gasteiger partial charge in [-0.25, -0.2) is 9.59 Å². The second-order valence-electron chi connectivity index (χ2n) is 8.98. The van der Waals surface area contributed by atoms with Crippen LogP contribution in [0.4, 0.5) is 0 Å². The van der Waals surface area contributed by atoms with Crippen molar-refractivity contribution in [3.63, 3.8) is 0 Å². The molecule has 6 rings (SSSR count). The molecule has 1 aromatic heterocycles. The Bertz CT molecular complexity index is 1300. The molecule has 3 aliphatic heterocycles. The van der Waals surface area contributed by atoms with Crippen LogP contribution in [0, 0.1) is 0 Å². The van der Waals surface area contributed by atoms with Gasteiger partial charge in [0.15, 0.2) is 11.5 Å². The Balaban J connectivity index is 0.000000413. The Morgan fingerprint density at radius 1 is 1.03 bits per heavy atom. The van der Waals surface area contributed by atoms with Gasteiger partial charge in [0.05, 0.1) is 6.61 Å². The first-order valence-corrected chi connectivity index (χ1v) is 12.0. The number of H-pyrrole nitrogens is 1. The molecule has 3 aliphatic rings. The van der Waals surface area contributed by atoms with Crippen LogP contribution in [0.3, 0.4) is 0 Å². The molecular formula is C27H30N2O8. The topological polar surface area (TPSA) is 153 Å². The van der Waals surface area contributed by atoms with Gasteiger partial charge in [-0.15, -0.1) is 0 Å². The average Bonchev–Trinajstić information content (AvgIpc) is 3.34. The minimum Gasteiger partial charge on any atom is -0.489 e. The van der Waals surface area contributed by atoms with Crippen LogP contribution < -0.4 is 14.2 Å². The molecule has 37 heavy (non-hydrogen) atoms. The van der Waals surface area contributed by atoms with E-state index in [2.05, 4.69) is 52.5 Å². The lowest BCUT2D eigenvalue weighted by atomic mass is 9.99. The van der Waals surface area contributed by atoms with Crippen LogP contribution in [-0.2, 0) is 16.0 Å². The summed E-state index contributed by atoms with van der Waals surface area (Å²) in [6.07, 6.45) is 7.69. The number of benzene rings is 2. The van der Waals surface area contributed by atoms with Gasteiger partial charge in [0.1, 0.15) is 12.7 Å². The molecule has 4 heterocycles. The van der Waals surface area contributed by atoms with Crippen LogP contribution >= 0.6 is 0 Å². The van der Waals surface area contributed by atoms with Crippen LogP contribution in [0.5, 0.6) is 17.2 Å². The number of nitrogens with zero attached hydrogens (tertiary/aromatic N) is 1. The van der Waals surface area contributed by atoms with E-state index < -0.39 is 11.9 Å². The van der Waals surface area contributed by atoms with Gasteiger partial charge in [0.25, 0.3) is 0 Å². The molecule has 0 amide bonds. The number of aromatic nitrogens is 1. The van der Waals surface area contributed by atoms with E-state index in [4.69, 9.17) is 34.0 Å². The summed E-state index contributed by atoms with van der Waals surface area (Å²) in [4.78, 5) is 24.0. The molecule has 10 heteroatoms. The van der Waals surface area contributed by atoms with Crippen molar-refractivity contribution < 1.29 is 39.5 Å². The molecule has 10 nitrogen and oxygen atoms in total. The number of carboxylic acids is 2. The number of aryl methyl sites for hydroxylation is 1. The Morgan fingerprint density at radius 2 is 1.84 bits per heavy atom. The predicted octanol–water partition coefficient (Wildman–Crippen LogP) is 2.75. The van der Waals surface area contributed by atoms with Gasteiger partial charge in [-0.3, -0.25) is 4.90 Å². The van der Waals surface area contributed by atoms with Gasteiger partial charge >= 0.3 is 11.9 Å². The smallest absolute Gasteiger partial charge is 0.414 e. The maximum absolute atomic E-state index is 9.10. The number of ether oxygens (including phenoxy) is 3. The SMILES string of the molecule is C1=C(c2c[nH]c3ccccc23)CCN(C[C@H]2COc3ccc4c(c3O2)OCCC4)C1.O.O=C(O)C(=O)O. The molecule has 2 aromatic carbocycles. The Labute approximate surface area is 213 Å². The molecule has 196 valence electrons. The summed E-state index contributed by atoms with van der Waals surface area (Å²) in [5.41, 5.74) is 5.19. The van der Waals surface area contributed by atoms with E-state index in [9.17, 15) is 0 Å². The number of carbonyl (C=O) groups is 2. The van der Waals surface area contributed by atoms with E-state index in [1.165, 1.54) is 27.6 Å². The third-order valence-electron chi connectivity index (χ3n) is 6.58. The fourth-order valence-electron chi connectivity index (χ4n) is 4.82. The monoisotopic (exact) mass is 510 g/mol. The first-order chi connectivity index (χ1) is 17.5. The zero-order valence-electron chi connectivity index (χ0n) is 20.2. The third kappa shape index (κ3) is 5.71. The summed E-state index contributed by atoms with van der Waals surface area (Å²) in [6.45, 7) is 4.17. The summed E-state index contributed by atoms with van der Waals surface area (Å²) >= 11 is 0. The van der Waals surface area contributed by atoms with Crippen molar-refractivity contribution >= 4 is 28.4 Å². The maximum Gasteiger partial charge on any atom is 0.414 e. The molecule has 0 unspecified atom stereocenters. The van der Waals surface area contributed by atoms with Gasteiger partial charge < -0.3 is 34.9 Å². The van der Waals surface area contributed by atoms with Gasteiger partial charge in [-0.05, 0) is 42.5 Å². The number of para-hydroxylation sites is 1. The van der Waals surface area contributed by atoms with Crippen molar-refractivity contribution in [3.8, 4) is 17.2 Å². The van der Waals surface area contributed by atoms with Crippen LogP contribution in [-0.4, -0.2) is 76.5 Å². The average molecular weight is 511 g/mol. The minimum atomic E-state index is -1.82. The Kier molecular flexibility index (Phi) is 8.00. The number of aliphatic carboxylic acids is 2. The normalized spacial score (nSPS) is 18.3. The van der Waals surface area contributed by atoms with Crippen molar-refractivity contribution in [2.24, 2.45) is 0 Å². The molecule has 0 fully saturated rings. The highest BCUT2D eigenvalue weighted by molar-refractivity contribution is 6.27. The summed E-state index contributed by atoms with van der Waals surface area (Å²) < 4.78 is 18.3. The number of rotatable bonds is 3. The van der Waals surface area contributed by atoms with Crippen molar-refractivity contribution in [3.05, 3.63) is 59.8 Å². The zero-order valence-corrected chi connectivity index (χ0v) is 20.2.